The molecule has 0 spiro atoms. The molecule has 0 aliphatic heterocycles. The van der Waals surface area contributed by atoms with Crippen LogP contribution in [0, 0.1) is 0 Å². The summed E-state index contributed by atoms with van der Waals surface area (Å²) in [6.45, 7) is 7.79. The zero-order valence-corrected chi connectivity index (χ0v) is 12.7. The Bertz CT molecular complexity index is 371. The van der Waals surface area contributed by atoms with Crippen LogP contribution in [0.3, 0.4) is 0 Å². The van der Waals surface area contributed by atoms with Gasteiger partial charge in [0.2, 0.25) is 0 Å². The van der Waals surface area contributed by atoms with Crippen LogP contribution in [-0.4, -0.2) is 25.3 Å². The highest BCUT2D eigenvalue weighted by Crippen LogP contribution is 2.26. The van der Waals surface area contributed by atoms with E-state index in [-0.39, 0.29) is 12.1 Å². The topological polar surface area (TPSA) is 21.3 Å². The van der Waals surface area contributed by atoms with Crippen molar-refractivity contribution in [1.29, 1.82) is 0 Å². The lowest BCUT2D eigenvalue weighted by Crippen LogP contribution is -2.41. The summed E-state index contributed by atoms with van der Waals surface area (Å²) in [5, 5.41) is 4.68. The van der Waals surface area contributed by atoms with Gasteiger partial charge in [0, 0.05) is 12.6 Å². The molecule has 2 nitrogen and oxygen atoms in total. The van der Waals surface area contributed by atoms with E-state index in [1.54, 1.807) is 0 Å². The predicted molar refractivity (Wildman–Crippen MR) is 78.7 cm³/mol. The maximum Gasteiger partial charge on any atom is 0.0703 e. The van der Waals surface area contributed by atoms with Crippen LogP contribution < -0.4 is 5.32 Å². The van der Waals surface area contributed by atoms with Gasteiger partial charge in [-0.3, -0.25) is 0 Å². The Morgan fingerprint density at radius 1 is 1.28 bits per heavy atom. The minimum absolute atomic E-state index is 0.144. The summed E-state index contributed by atoms with van der Waals surface area (Å²) < 4.78 is 5.66. The Morgan fingerprint density at radius 2 is 2.00 bits per heavy atom. The highest BCUT2D eigenvalue weighted by molar-refractivity contribution is 6.42. The van der Waals surface area contributed by atoms with Crippen molar-refractivity contribution in [2.75, 3.05) is 13.2 Å². The molecule has 102 valence electrons. The van der Waals surface area contributed by atoms with Crippen LogP contribution in [0.25, 0.3) is 0 Å². The Kier molecular flexibility index (Phi) is 7.02. The number of halogens is 2. The van der Waals surface area contributed by atoms with Crippen LogP contribution >= 0.6 is 23.2 Å². The molecule has 1 aromatic rings. The Hall–Kier alpha value is -0.280. The molecule has 1 aromatic carbocycles. The molecule has 0 bridgehead atoms. The van der Waals surface area contributed by atoms with E-state index in [0.29, 0.717) is 16.7 Å². The summed E-state index contributed by atoms with van der Waals surface area (Å²) in [6, 6.07) is 5.99. The first kappa shape index (κ1) is 15.8. The van der Waals surface area contributed by atoms with E-state index in [0.717, 1.165) is 18.5 Å². The number of likely N-dealkylation sites (N-methyl/N-ethyl adjacent to an activating group) is 1. The molecule has 0 aromatic heterocycles. The van der Waals surface area contributed by atoms with Gasteiger partial charge in [-0.15, -0.1) is 0 Å². The van der Waals surface area contributed by atoms with E-state index in [2.05, 4.69) is 19.2 Å². The van der Waals surface area contributed by atoms with Crippen molar-refractivity contribution < 1.29 is 4.74 Å². The first-order valence-corrected chi connectivity index (χ1v) is 7.13. The van der Waals surface area contributed by atoms with Gasteiger partial charge in [-0.1, -0.05) is 42.3 Å². The summed E-state index contributed by atoms with van der Waals surface area (Å²) in [6.07, 6.45) is 0.957. The van der Waals surface area contributed by atoms with Crippen molar-refractivity contribution in [3.8, 4) is 0 Å². The Morgan fingerprint density at radius 3 is 2.61 bits per heavy atom. The van der Waals surface area contributed by atoms with Gasteiger partial charge in [0.05, 0.1) is 16.1 Å². The molecule has 0 saturated carbocycles. The van der Waals surface area contributed by atoms with Gasteiger partial charge in [-0.25, -0.2) is 0 Å². The minimum Gasteiger partial charge on any atom is -0.377 e. The summed E-state index contributed by atoms with van der Waals surface area (Å²) >= 11 is 12.3. The van der Waals surface area contributed by atoms with Crippen LogP contribution in [0.1, 0.15) is 26.3 Å². The lowest BCUT2D eigenvalue weighted by Gasteiger charge is -2.25. The summed E-state index contributed by atoms with van der Waals surface area (Å²) in [5.74, 6) is 0. The molecule has 2 unspecified atom stereocenters. The first-order valence-electron chi connectivity index (χ1n) is 6.38. The van der Waals surface area contributed by atoms with E-state index >= 15 is 0 Å². The average molecular weight is 290 g/mol. The molecular weight excluding hydrogens is 269 g/mol. The fourth-order valence-electron chi connectivity index (χ4n) is 1.99. The average Bonchev–Trinajstić information content (AvgIpc) is 2.34. The molecule has 4 heteroatoms. The number of benzene rings is 1. The first-order chi connectivity index (χ1) is 8.60. The Balaban J connectivity index is 2.79. The van der Waals surface area contributed by atoms with E-state index in [1.165, 1.54) is 0 Å². The van der Waals surface area contributed by atoms with Crippen molar-refractivity contribution in [2.24, 2.45) is 0 Å². The van der Waals surface area contributed by atoms with Crippen LogP contribution in [0.5, 0.6) is 0 Å². The standard InChI is InChI=1S/C14H21Cl2NO/c1-4-17-13(10(3)18-5-2)9-11-7-6-8-12(15)14(11)16/h6-8,10,13,17H,4-5,9H2,1-3H3. The monoisotopic (exact) mass is 289 g/mol. The number of hydrogen-bond acceptors (Lipinski definition) is 2. The second kappa shape index (κ2) is 8.00. The lowest BCUT2D eigenvalue weighted by molar-refractivity contribution is 0.0480. The molecule has 0 radical (unpaired) electrons. The molecule has 0 aliphatic carbocycles. The van der Waals surface area contributed by atoms with Crippen LogP contribution in [0.4, 0.5) is 0 Å². The number of hydrogen-bond donors (Lipinski definition) is 1. The predicted octanol–water partition coefficient (Wildman–Crippen LogP) is 3.94. The van der Waals surface area contributed by atoms with Gasteiger partial charge in [-0.05, 0) is 38.4 Å². The zero-order chi connectivity index (χ0) is 13.5. The van der Waals surface area contributed by atoms with Crippen LogP contribution in [0.2, 0.25) is 10.0 Å². The molecule has 2 atom stereocenters. The summed E-state index contributed by atoms with van der Waals surface area (Å²) in [4.78, 5) is 0. The highest BCUT2D eigenvalue weighted by atomic mass is 35.5. The fourth-order valence-corrected chi connectivity index (χ4v) is 2.39. The smallest absolute Gasteiger partial charge is 0.0703 e. The normalized spacial score (nSPS) is 14.5. The number of rotatable bonds is 7. The van der Waals surface area contributed by atoms with E-state index in [1.807, 2.05) is 25.1 Å². The molecule has 1 rings (SSSR count). The van der Waals surface area contributed by atoms with Crippen molar-refractivity contribution in [3.63, 3.8) is 0 Å². The van der Waals surface area contributed by atoms with Crippen molar-refractivity contribution >= 4 is 23.2 Å². The quantitative estimate of drug-likeness (QED) is 0.821. The van der Waals surface area contributed by atoms with Crippen LogP contribution in [-0.2, 0) is 11.2 Å². The van der Waals surface area contributed by atoms with Gasteiger partial charge < -0.3 is 10.1 Å². The highest BCUT2D eigenvalue weighted by Gasteiger charge is 2.18. The van der Waals surface area contributed by atoms with E-state index < -0.39 is 0 Å². The summed E-state index contributed by atoms with van der Waals surface area (Å²) in [7, 11) is 0. The van der Waals surface area contributed by atoms with Crippen molar-refractivity contribution in [1.82, 2.24) is 5.32 Å². The van der Waals surface area contributed by atoms with Gasteiger partial charge >= 0.3 is 0 Å². The maximum absolute atomic E-state index is 6.22. The molecule has 0 fully saturated rings. The van der Waals surface area contributed by atoms with Gasteiger partial charge in [0.1, 0.15) is 0 Å². The third-order valence-corrected chi connectivity index (χ3v) is 3.79. The SMILES string of the molecule is CCNC(Cc1cccc(Cl)c1Cl)C(C)OCC. The number of ether oxygens (including phenoxy) is 1. The molecule has 1 N–H and O–H groups in total. The third kappa shape index (κ3) is 4.43. The van der Waals surface area contributed by atoms with Crippen molar-refractivity contribution in [2.45, 2.75) is 39.3 Å². The van der Waals surface area contributed by atoms with Gasteiger partial charge in [0.25, 0.3) is 0 Å². The van der Waals surface area contributed by atoms with E-state index in [9.17, 15) is 0 Å². The molecule has 0 amide bonds. The molecular formula is C14H21Cl2NO. The second-order valence-corrected chi connectivity index (χ2v) is 5.03. The van der Waals surface area contributed by atoms with Crippen molar-refractivity contribution in [3.05, 3.63) is 33.8 Å². The van der Waals surface area contributed by atoms with Gasteiger partial charge in [0.15, 0.2) is 0 Å². The maximum atomic E-state index is 6.22. The van der Waals surface area contributed by atoms with Crippen LogP contribution in [0.15, 0.2) is 18.2 Å². The van der Waals surface area contributed by atoms with Gasteiger partial charge in [-0.2, -0.15) is 0 Å². The second-order valence-electron chi connectivity index (χ2n) is 4.24. The number of nitrogens with one attached hydrogen (secondary N) is 1. The lowest BCUT2D eigenvalue weighted by atomic mass is 10.0. The Labute approximate surface area is 120 Å². The molecule has 18 heavy (non-hydrogen) atoms. The zero-order valence-electron chi connectivity index (χ0n) is 11.2. The molecule has 0 heterocycles. The fraction of sp³-hybridized carbons (Fsp3) is 0.571. The van der Waals surface area contributed by atoms with E-state index in [4.69, 9.17) is 27.9 Å². The minimum atomic E-state index is 0.144. The molecule has 0 saturated heterocycles. The molecule has 0 aliphatic rings. The largest absolute Gasteiger partial charge is 0.377 e. The summed E-state index contributed by atoms with van der Waals surface area (Å²) in [5.41, 5.74) is 1.06. The third-order valence-electron chi connectivity index (χ3n) is 2.93.